The summed E-state index contributed by atoms with van der Waals surface area (Å²) in [5.74, 6) is -1.29. The molecular formula is C14H19N3O3. The Morgan fingerprint density at radius 1 is 1.55 bits per heavy atom. The molecule has 2 amide bonds. The fourth-order valence-corrected chi connectivity index (χ4v) is 2.36. The second-order valence-corrected chi connectivity index (χ2v) is 5.08. The topological polar surface area (TPSA) is 82.5 Å². The number of piperidine rings is 1. The number of aliphatic carboxylic acids is 1. The first-order valence-corrected chi connectivity index (χ1v) is 6.76. The minimum absolute atomic E-state index is 0.151. The molecule has 1 aliphatic rings. The Morgan fingerprint density at radius 3 is 3.00 bits per heavy atom. The number of likely N-dealkylation sites (tertiary alicyclic amines) is 1. The SMILES string of the molecule is C[C@H](NC(=O)N1CCCC(C(=O)O)C1)c1cccnc1. The maximum Gasteiger partial charge on any atom is 0.317 e. The van der Waals surface area contributed by atoms with E-state index in [2.05, 4.69) is 10.3 Å². The normalized spacial score (nSPS) is 20.2. The summed E-state index contributed by atoms with van der Waals surface area (Å²) in [7, 11) is 0. The van der Waals surface area contributed by atoms with Gasteiger partial charge in [-0.1, -0.05) is 6.07 Å². The van der Waals surface area contributed by atoms with Crippen LogP contribution in [0, 0.1) is 5.92 Å². The summed E-state index contributed by atoms with van der Waals surface area (Å²) in [5.41, 5.74) is 0.924. The minimum Gasteiger partial charge on any atom is -0.481 e. The van der Waals surface area contributed by atoms with Gasteiger partial charge < -0.3 is 15.3 Å². The van der Waals surface area contributed by atoms with E-state index in [0.717, 1.165) is 12.0 Å². The van der Waals surface area contributed by atoms with Crippen molar-refractivity contribution in [3.63, 3.8) is 0 Å². The van der Waals surface area contributed by atoms with Gasteiger partial charge in [0.2, 0.25) is 0 Å². The first-order valence-electron chi connectivity index (χ1n) is 6.76. The van der Waals surface area contributed by atoms with Crippen LogP contribution in [0.3, 0.4) is 0 Å². The Hall–Kier alpha value is -2.11. The molecule has 1 fully saturated rings. The molecule has 20 heavy (non-hydrogen) atoms. The van der Waals surface area contributed by atoms with Crippen LogP contribution >= 0.6 is 0 Å². The number of rotatable bonds is 3. The van der Waals surface area contributed by atoms with Crippen LogP contribution in [0.1, 0.15) is 31.4 Å². The van der Waals surface area contributed by atoms with Crippen molar-refractivity contribution in [2.75, 3.05) is 13.1 Å². The number of nitrogens with zero attached hydrogens (tertiary/aromatic N) is 2. The van der Waals surface area contributed by atoms with E-state index in [9.17, 15) is 9.59 Å². The fourth-order valence-electron chi connectivity index (χ4n) is 2.36. The summed E-state index contributed by atoms with van der Waals surface area (Å²) in [6, 6.07) is 3.35. The molecule has 0 saturated carbocycles. The predicted octanol–water partition coefficient (Wildman–Crippen LogP) is 1.65. The van der Waals surface area contributed by atoms with Gasteiger partial charge >= 0.3 is 12.0 Å². The molecule has 1 aromatic rings. The van der Waals surface area contributed by atoms with Gasteiger partial charge in [-0.3, -0.25) is 9.78 Å². The van der Waals surface area contributed by atoms with Crippen molar-refractivity contribution in [1.82, 2.24) is 15.2 Å². The summed E-state index contributed by atoms with van der Waals surface area (Å²) < 4.78 is 0. The van der Waals surface area contributed by atoms with E-state index < -0.39 is 11.9 Å². The number of aromatic nitrogens is 1. The Bertz CT molecular complexity index is 478. The van der Waals surface area contributed by atoms with E-state index in [4.69, 9.17) is 5.11 Å². The number of pyridine rings is 1. The highest BCUT2D eigenvalue weighted by atomic mass is 16.4. The first-order chi connectivity index (χ1) is 9.58. The van der Waals surface area contributed by atoms with Gasteiger partial charge in [0.25, 0.3) is 0 Å². The number of urea groups is 1. The van der Waals surface area contributed by atoms with Crippen LogP contribution in [-0.4, -0.2) is 40.1 Å². The molecule has 0 bridgehead atoms. The van der Waals surface area contributed by atoms with Crippen molar-refractivity contribution in [1.29, 1.82) is 0 Å². The number of carbonyl (C=O) groups excluding carboxylic acids is 1. The zero-order valence-electron chi connectivity index (χ0n) is 11.5. The highest BCUT2D eigenvalue weighted by Crippen LogP contribution is 2.18. The molecule has 2 N–H and O–H groups in total. The Labute approximate surface area is 117 Å². The molecule has 1 aliphatic heterocycles. The molecule has 108 valence electrons. The van der Waals surface area contributed by atoms with Gasteiger partial charge in [0.05, 0.1) is 12.0 Å². The van der Waals surface area contributed by atoms with E-state index in [1.807, 2.05) is 19.1 Å². The van der Waals surface area contributed by atoms with Gasteiger partial charge in [-0.2, -0.15) is 0 Å². The summed E-state index contributed by atoms with van der Waals surface area (Å²) >= 11 is 0. The molecule has 0 spiro atoms. The average Bonchev–Trinajstić information content (AvgIpc) is 2.48. The highest BCUT2D eigenvalue weighted by Gasteiger charge is 2.28. The lowest BCUT2D eigenvalue weighted by molar-refractivity contribution is -0.143. The number of carboxylic acid groups (broad SMARTS) is 1. The maximum atomic E-state index is 12.2. The molecule has 0 radical (unpaired) electrons. The third-order valence-electron chi connectivity index (χ3n) is 3.58. The van der Waals surface area contributed by atoms with Gasteiger partial charge in [0.15, 0.2) is 0 Å². The van der Waals surface area contributed by atoms with Crippen molar-refractivity contribution in [3.8, 4) is 0 Å². The van der Waals surface area contributed by atoms with Crippen molar-refractivity contribution < 1.29 is 14.7 Å². The third-order valence-corrected chi connectivity index (χ3v) is 3.58. The van der Waals surface area contributed by atoms with E-state index in [-0.39, 0.29) is 18.6 Å². The molecule has 2 atom stereocenters. The van der Waals surface area contributed by atoms with E-state index >= 15 is 0 Å². The molecule has 0 aromatic carbocycles. The van der Waals surface area contributed by atoms with Gasteiger partial charge in [0.1, 0.15) is 0 Å². The second kappa shape index (κ2) is 6.36. The van der Waals surface area contributed by atoms with Crippen molar-refractivity contribution in [2.45, 2.75) is 25.8 Å². The number of hydrogen-bond donors (Lipinski definition) is 2. The number of carbonyl (C=O) groups is 2. The second-order valence-electron chi connectivity index (χ2n) is 5.08. The van der Waals surface area contributed by atoms with Crippen molar-refractivity contribution >= 4 is 12.0 Å². The third kappa shape index (κ3) is 3.46. The number of nitrogens with one attached hydrogen (secondary N) is 1. The number of carboxylic acids is 1. The van der Waals surface area contributed by atoms with Crippen LogP contribution in [0.4, 0.5) is 4.79 Å². The zero-order chi connectivity index (χ0) is 14.5. The Morgan fingerprint density at radius 2 is 2.35 bits per heavy atom. The van der Waals surface area contributed by atoms with Gasteiger partial charge in [0, 0.05) is 25.5 Å². The lowest BCUT2D eigenvalue weighted by Gasteiger charge is -2.31. The summed E-state index contributed by atoms with van der Waals surface area (Å²) in [6.45, 7) is 2.77. The van der Waals surface area contributed by atoms with Crippen molar-refractivity contribution in [3.05, 3.63) is 30.1 Å². The smallest absolute Gasteiger partial charge is 0.317 e. The first kappa shape index (κ1) is 14.3. The van der Waals surface area contributed by atoms with Gasteiger partial charge in [-0.25, -0.2) is 4.79 Å². The predicted molar refractivity (Wildman–Crippen MR) is 73.1 cm³/mol. The maximum absolute atomic E-state index is 12.2. The minimum atomic E-state index is -0.831. The average molecular weight is 277 g/mol. The van der Waals surface area contributed by atoms with Crippen LogP contribution in [0.25, 0.3) is 0 Å². The van der Waals surface area contributed by atoms with E-state index in [1.54, 1.807) is 17.3 Å². The monoisotopic (exact) mass is 277 g/mol. The molecule has 1 aromatic heterocycles. The number of amides is 2. The van der Waals surface area contributed by atoms with E-state index in [1.165, 1.54) is 0 Å². The molecule has 2 rings (SSSR count). The summed E-state index contributed by atoms with van der Waals surface area (Å²) in [5, 5.41) is 11.9. The number of hydrogen-bond acceptors (Lipinski definition) is 3. The largest absolute Gasteiger partial charge is 0.481 e. The Balaban J connectivity index is 1.93. The molecule has 2 heterocycles. The van der Waals surface area contributed by atoms with Crippen LogP contribution < -0.4 is 5.32 Å². The fraction of sp³-hybridized carbons (Fsp3) is 0.500. The zero-order valence-corrected chi connectivity index (χ0v) is 11.5. The molecule has 1 unspecified atom stereocenters. The van der Waals surface area contributed by atoms with Crippen molar-refractivity contribution in [2.24, 2.45) is 5.92 Å². The molecule has 6 nitrogen and oxygen atoms in total. The quantitative estimate of drug-likeness (QED) is 0.880. The molecule has 0 aliphatic carbocycles. The standard InChI is InChI=1S/C14H19N3O3/c1-10(11-4-2-6-15-8-11)16-14(20)17-7-3-5-12(9-17)13(18)19/h2,4,6,8,10,12H,3,5,7,9H2,1H3,(H,16,20)(H,18,19)/t10-,12?/m0/s1. The van der Waals surface area contributed by atoms with Crippen LogP contribution in [0.2, 0.25) is 0 Å². The van der Waals surface area contributed by atoms with Crippen LogP contribution in [0.5, 0.6) is 0 Å². The molecule has 1 saturated heterocycles. The lowest BCUT2D eigenvalue weighted by Crippen LogP contribution is -2.47. The highest BCUT2D eigenvalue weighted by molar-refractivity contribution is 5.76. The van der Waals surface area contributed by atoms with Gasteiger partial charge in [-0.15, -0.1) is 0 Å². The van der Waals surface area contributed by atoms with Crippen LogP contribution in [0.15, 0.2) is 24.5 Å². The summed E-state index contributed by atoms with van der Waals surface area (Å²) in [6.07, 6.45) is 4.75. The lowest BCUT2D eigenvalue weighted by atomic mass is 9.99. The molecule has 6 heteroatoms. The molecular weight excluding hydrogens is 258 g/mol. The summed E-state index contributed by atoms with van der Waals surface area (Å²) in [4.78, 5) is 28.7. The van der Waals surface area contributed by atoms with E-state index in [0.29, 0.717) is 13.0 Å². The van der Waals surface area contributed by atoms with Gasteiger partial charge in [-0.05, 0) is 31.4 Å². The van der Waals surface area contributed by atoms with Crippen LogP contribution in [-0.2, 0) is 4.79 Å². The Kier molecular flexibility index (Phi) is 4.55.